The zero-order chi connectivity index (χ0) is 15.9. The van der Waals surface area contributed by atoms with Gasteiger partial charge in [-0.05, 0) is 29.1 Å². The number of rotatable bonds is 5. The molecule has 1 heterocycles. The van der Waals surface area contributed by atoms with Gasteiger partial charge in [-0.3, -0.25) is 5.32 Å². The van der Waals surface area contributed by atoms with Gasteiger partial charge in [-0.1, -0.05) is 48.5 Å². The van der Waals surface area contributed by atoms with Gasteiger partial charge in [0, 0.05) is 5.69 Å². The lowest BCUT2D eigenvalue weighted by Crippen LogP contribution is -2.19. The molecule has 5 heteroatoms. The second-order valence-corrected chi connectivity index (χ2v) is 5.75. The monoisotopic (exact) mass is 324 g/mol. The summed E-state index contributed by atoms with van der Waals surface area (Å²) in [5.74, 6) is 0.669. The summed E-state index contributed by atoms with van der Waals surface area (Å²) in [4.78, 5) is 12.0. The number of hydrogen-bond donors (Lipinski definition) is 2. The van der Waals surface area contributed by atoms with Crippen molar-refractivity contribution >= 4 is 28.1 Å². The Morgan fingerprint density at radius 2 is 1.61 bits per heavy atom. The fourth-order valence-corrected chi connectivity index (χ4v) is 2.75. The number of carbonyl (C=O) groups is 1. The molecule has 2 aromatic carbocycles. The maximum atomic E-state index is 12.0. The van der Waals surface area contributed by atoms with E-state index in [9.17, 15) is 4.79 Å². The molecule has 2 N–H and O–H groups in total. The van der Waals surface area contributed by atoms with Gasteiger partial charge < -0.3 is 10.1 Å². The highest BCUT2D eigenvalue weighted by Crippen LogP contribution is 2.31. The zero-order valence-corrected chi connectivity index (χ0v) is 13.2. The second-order valence-electron chi connectivity index (χ2n) is 4.83. The quantitative estimate of drug-likeness (QED) is 0.696. The summed E-state index contributed by atoms with van der Waals surface area (Å²) in [6, 6.07) is 20.8. The Morgan fingerprint density at radius 3 is 2.35 bits per heavy atom. The van der Waals surface area contributed by atoms with Crippen molar-refractivity contribution in [2.24, 2.45) is 0 Å². The van der Waals surface area contributed by atoms with E-state index in [1.54, 1.807) is 0 Å². The van der Waals surface area contributed by atoms with Gasteiger partial charge >= 0.3 is 6.03 Å². The highest BCUT2D eigenvalue weighted by molar-refractivity contribution is 7.14. The van der Waals surface area contributed by atoms with Gasteiger partial charge in [0.05, 0.1) is 0 Å². The van der Waals surface area contributed by atoms with Crippen molar-refractivity contribution < 1.29 is 9.53 Å². The minimum absolute atomic E-state index is 0.289. The summed E-state index contributed by atoms with van der Waals surface area (Å²) >= 11 is 1.43. The maximum absolute atomic E-state index is 12.0. The number of carbonyl (C=O) groups excluding carboxylic acids is 1. The van der Waals surface area contributed by atoms with Gasteiger partial charge in [-0.15, -0.1) is 11.3 Å². The molecule has 0 fully saturated rings. The minimum atomic E-state index is -0.289. The first-order valence-electron chi connectivity index (χ1n) is 7.18. The van der Waals surface area contributed by atoms with Crippen molar-refractivity contribution in [1.29, 1.82) is 0 Å². The lowest BCUT2D eigenvalue weighted by Gasteiger charge is -2.09. The van der Waals surface area contributed by atoms with Crippen molar-refractivity contribution in [2.45, 2.75) is 6.61 Å². The molecule has 0 aliphatic carbocycles. The van der Waals surface area contributed by atoms with Crippen LogP contribution in [0.1, 0.15) is 5.56 Å². The van der Waals surface area contributed by atoms with Gasteiger partial charge in [0.1, 0.15) is 11.6 Å². The van der Waals surface area contributed by atoms with Crippen LogP contribution in [0, 0.1) is 0 Å². The molecule has 0 aliphatic rings. The third-order valence-corrected chi connectivity index (χ3v) is 3.94. The van der Waals surface area contributed by atoms with Gasteiger partial charge in [0.25, 0.3) is 0 Å². The summed E-state index contributed by atoms with van der Waals surface area (Å²) in [5, 5.41) is 8.18. The zero-order valence-electron chi connectivity index (χ0n) is 12.4. The van der Waals surface area contributed by atoms with E-state index >= 15 is 0 Å². The number of nitrogens with one attached hydrogen (secondary N) is 2. The number of benzene rings is 2. The number of anilines is 2. The maximum Gasteiger partial charge on any atom is 0.324 e. The van der Waals surface area contributed by atoms with Crippen molar-refractivity contribution in [2.75, 3.05) is 10.6 Å². The van der Waals surface area contributed by atoms with E-state index in [4.69, 9.17) is 4.74 Å². The molecule has 0 spiro atoms. The summed E-state index contributed by atoms with van der Waals surface area (Å²) < 4.78 is 5.78. The second kappa shape index (κ2) is 7.47. The Hall–Kier alpha value is -2.79. The van der Waals surface area contributed by atoms with E-state index in [2.05, 4.69) is 10.6 Å². The van der Waals surface area contributed by atoms with Crippen LogP contribution in [0.3, 0.4) is 0 Å². The molecular formula is C18H16N2O2S. The predicted octanol–water partition coefficient (Wildman–Crippen LogP) is 4.97. The van der Waals surface area contributed by atoms with Crippen molar-refractivity contribution in [3.8, 4) is 5.75 Å². The highest BCUT2D eigenvalue weighted by atomic mass is 32.1. The fourth-order valence-electron chi connectivity index (χ4n) is 2.02. The Bertz CT molecular complexity index is 757. The van der Waals surface area contributed by atoms with E-state index in [1.807, 2.05) is 72.1 Å². The van der Waals surface area contributed by atoms with Crippen LogP contribution in [-0.4, -0.2) is 6.03 Å². The molecule has 1 aromatic heterocycles. The number of urea groups is 1. The average Bonchev–Trinajstić information content (AvgIpc) is 3.02. The van der Waals surface area contributed by atoms with Crippen LogP contribution in [0.25, 0.3) is 0 Å². The van der Waals surface area contributed by atoms with E-state index in [-0.39, 0.29) is 6.03 Å². The SMILES string of the molecule is O=C(Nc1ccccc1)Nc1sccc1OCc1ccccc1. The molecule has 0 aliphatic heterocycles. The fraction of sp³-hybridized carbons (Fsp3) is 0.0556. The van der Waals surface area contributed by atoms with E-state index in [0.717, 1.165) is 11.3 Å². The molecule has 0 saturated carbocycles. The van der Waals surface area contributed by atoms with Crippen LogP contribution in [0.4, 0.5) is 15.5 Å². The first kappa shape index (κ1) is 15.1. The standard InChI is InChI=1S/C18H16N2O2S/c21-18(19-15-9-5-2-6-10-15)20-17-16(11-12-23-17)22-13-14-7-3-1-4-8-14/h1-12H,13H2,(H2,19,20,21). The molecule has 0 bridgehead atoms. The lowest BCUT2D eigenvalue weighted by molar-refractivity contribution is 0.262. The molecule has 3 rings (SSSR count). The van der Waals surface area contributed by atoms with Gasteiger partial charge in [0.15, 0.2) is 5.75 Å². The van der Waals surface area contributed by atoms with Crippen LogP contribution in [0.15, 0.2) is 72.1 Å². The van der Waals surface area contributed by atoms with Gasteiger partial charge in [0.2, 0.25) is 0 Å². The van der Waals surface area contributed by atoms with Gasteiger partial charge in [-0.25, -0.2) is 4.79 Å². The number of amides is 2. The largest absolute Gasteiger partial charge is 0.486 e. The smallest absolute Gasteiger partial charge is 0.324 e. The molecule has 23 heavy (non-hydrogen) atoms. The van der Waals surface area contributed by atoms with Gasteiger partial charge in [-0.2, -0.15) is 0 Å². The molecular weight excluding hydrogens is 308 g/mol. The van der Waals surface area contributed by atoms with Crippen LogP contribution < -0.4 is 15.4 Å². The Morgan fingerprint density at radius 1 is 0.913 bits per heavy atom. The number of thiophene rings is 1. The summed E-state index contributed by atoms with van der Waals surface area (Å²) in [7, 11) is 0. The van der Waals surface area contributed by atoms with Crippen molar-refractivity contribution in [3.63, 3.8) is 0 Å². The van der Waals surface area contributed by atoms with Crippen molar-refractivity contribution in [3.05, 3.63) is 77.7 Å². The summed E-state index contributed by atoms with van der Waals surface area (Å²) in [5.41, 5.74) is 1.83. The molecule has 0 unspecified atom stereocenters. The number of ether oxygens (including phenoxy) is 1. The molecule has 0 saturated heterocycles. The summed E-state index contributed by atoms with van der Waals surface area (Å²) in [6.07, 6.45) is 0. The topological polar surface area (TPSA) is 50.4 Å². The Kier molecular flexibility index (Phi) is 4.91. The van der Waals surface area contributed by atoms with Crippen LogP contribution in [-0.2, 0) is 6.61 Å². The number of hydrogen-bond acceptors (Lipinski definition) is 3. The minimum Gasteiger partial charge on any atom is -0.486 e. The molecule has 2 amide bonds. The predicted molar refractivity (Wildman–Crippen MR) is 94.2 cm³/mol. The molecule has 3 aromatic rings. The van der Waals surface area contributed by atoms with Crippen LogP contribution in [0.5, 0.6) is 5.75 Å². The summed E-state index contributed by atoms with van der Waals surface area (Å²) in [6.45, 7) is 0.465. The third kappa shape index (κ3) is 4.34. The lowest BCUT2D eigenvalue weighted by atomic mass is 10.2. The Labute approximate surface area is 138 Å². The molecule has 116 valence electrons. The van der Waals surface area contributed by atoms with Crippen LogP contribution in [0.2, 0.25) is 0 Å². The average molecular weight is 324 g/mol. The van der Waals surface area contributed by atoms with E-state index < -0.39 is 0 Å². The molecule has 0 radical (unpaired) electrons. The molecule has 4 nitrogen and oxygen atoms in total. The van der Waals surface area contributed by atoms with E-state index in [0.29, 0.717) is 17.4 Å². The van der Waals surface area contributed by atoms with Crippen molar-refractivity contribution in [1.82, 2.24) is 0 Å². The molecule has 0 atom stereocenters. The van der Waals surface area contributed by atoms with Crippen LogP contribution >= 0.6 is 11.3 Å². The van der Waals surface area contributed by atoms with E-state index in [1.165, 1.54) is 11.3 Å². The normalized spacial score (nSPS) is 10.1. The number of para-hydroxylation sites is 1. The highest BCUT2D eigenvalue weighted by Gasteiger charge is 2.10. The Balaban J connectivity index is 1.59. The third-order valence-electron chi connectivity index (χ3n) is 3.12. The first-order valence-corrected chi connectivity index (χ1v) is 8.06. The first-order chi connectivity index (χ1) is 11.3.